The van der Waals surface area contributed by atoms with Crippen molar-refractivity contribution in [2.75, 3.05) is 0 Å². The van der Waals surface area contributed by atoms with Gasteiger partial charge in [-0.2, -0.15) is 0 Å². The first kappa shape index (κ1) is 20.6. The van der Waals surface area contributed by atoms with Gasteiger partial charge in [0.15, 0.2) is 5.78 Å². The van der Waals surface area contributed by atoms with Gasteiger partial charge in [-0.05, 0) is 57.4 Å². The van der Waals surface area contributed by atoms with Crippen LogP contribution in [0.25, 0.3) is 0 Å². The Bertz CT molecular complexity index is 653. The van der Waals surface area contributed by atoms with Crippen molar-refractivity contribution < 1.29 is 24.9 Å². The molecule has 0 saturated heterocycles. The van der Waals surface area contributed by atoms with Gasteiger partial charge in [-0.25, -0.2) is 0 Å². The van der Waals surface area contributed by atoms with E-state index < -0.39 is 11.7 Å². The van der Waals surface area contributed by atoms with Crippen molar-refractivity contribution >= 4 is 12.1 Å². The summed E-state index contributed by atoms with van der Waals surface area (Å²) < 4.78 is 0. The van der Waals surface area contributed by atoms with Crippen molar-refractivity contribution in [2.45, 2.75) is 71.0 Å². The monoisotopic (exact) mass is 362 g/mol. The highest BCUT2D eigenvalue weighted by Crippen LogP contribution is 2.44. The summed E-state index contributed by atoms with van der Waals surface area (Å²) in [5.74, 6) is -0.455. The van der Waals surface area contributed by atoms with E-state index in [0.717, 1.165) is 24.7 Å². The first-order chi connectivity index (χ1) is 12.2. The number of aldehydes is 1. The van der Waals surface area contributed by atoms with Gasteiger partial charge in [0.25, 0.3) is 0 Å². The summed E-state index contributed by atoms with van der Waals surface area (Å²) in [5, 5.41) is 30.8. The molecular weight excluding hydrogens is 332 g/mol. The second-order valence-corrected chi connectivity index (χ2v) is 7.91. The van der Waals surface area contributed by atoms with Crippen LogP contribution in [0.3, 0.4) is 0 Å². The van der Waals surface area contributed by atoms with Crippen LogP contribution < -0.4 is 0 Å². The van der Waals surface area contributed by atoms with Crippen molar-refractivity contribution in [3.8, 4) is 0 Å². The molecule has 26 heavy (non-hydrogen) atoms. The van der Waals surface area contributed by atoms with Gasteiger partial charge in [0, 0.05) is 17.9 Å². The lowest BCUT2D eigenvalue weighted by Crippen LogP contribution is -2.35. The molecule has 0 bridgehead atoms. The Kier molecular flexibility index (Phi) is 6.58. The predicted molar refractivity (Wildman–Crippen MR) is 99.6 cm³/mol. The highest BCUT2D eigenvalue weighted by molar-refractivity contribution is 5.96. The van der Waals surface area contributed by atoms with Crippen LogP contribution in [0, 0.1) is 11.8 Å². The number of allylic oxidation sites excluding steroid dienone is 3. The smallest absolute Gasteiger partial charge is 0.162 e. The Morgan fingerprint density at radius 2 is 2.15 bits per heavy atom. The van der Waals surface area contributed by atoms with Crippen LogP contribution in [-0.4, -0.2) is 39.1 Å². The zero-order valence-electron chi connectivity index (χ0n) is 15.9. The van der Waals surface area contributed by atoms with Crippen LogP contribution in [0.15, 0.2) is 34.6 Å². The highest BCUT2D eigenvalue weighted by atomic mass is 16.3. The lowest BCUT2D eigenvalue weighted by molar-refractivity contribution is -0.117. The first-order valence-electron chi connectivity index (χ1n) is 9.35. The topological polar surface area (TPSA) is 94.8 Å². The number of carbonyl (C=O) groups is 2. The highest BCUT2D eigenvalue weighted by Gasteiger charge is 2.42. The number of ketones is 1. The summed E-state index contributed by atoms with van der Waals surface area (Å²) in [6.07, 6.45) is 6.61. The normalized spacial score (nSPS) is 31.2. The Morgan fingerprint density at radius 3 is 2.81 bits per heavy atom. The standard InChI is InChI=1S/C21H30O5/c1-13(12-22)5-4-6-14(2)15-9-10-21(3,26)17(15)11-16-18(23)7-8-19(24)20(16)25/h5,9,12,14,17,19,24-26H,4,6-8,10-11H2,1-3H3. The first-order valence-corrected chi connectivity index (χ1v) is 9.35. The molecule has 5 nitrogen and oxygen atoms in total. The summed E-state index contributed by atoms with van der Waals surface area (Å²) in [6, 6.07) is 0. The molecule has 0 aliphatic heterocycles. The molecular formula is C21H30O5. The fourth-order valence-corrected chi connectivity index (χ4v) is 3.95. The molecule has 0 aromatic heterocycles. The van der Waals surface area contributed by atoms with E-state index in [1.807, 2.05) is 12.2 Å². The predicted octanol–water partition coefficient (Wildman–Crippen LogP) is 3.17. The molecule has 2 aliphatic rings. The van der Waals surface area contributed by atoms with Gasteiger partial charge in [-0.3, -0.25) is 9.59 Å². The van der Waals surface area contributed by atoms with E-state index in [4.69, 9.17) is 0 Å². The number of aliphatic hydroxyl groups is 3. The lowest BCUT2D eigenvalue weighted by atomic mass is 9.76. The molecule has 4 atom stereocenters. The Morgan fingerprint density at radius 1 is 1.46 bits per heavy atom. The van der Waals surface area contributed by atoms with E-state index in [2.05, 4.69) is 6.92 Å². The zero-order chi connectivity index (χ0) is 19.5. The number of Topliss-reactive ketones (excluding diaryl/α,β-unsaturated/α-hetero) is 1. The maximum Gasteiger partial charge on any atom is 0.162 e. The molecule has 0 fully saturated rings. The van der Waals surface area contributed by atoms with E-state index in [0.29, 0.717) is 12.0 Å². The van der Waals surface area contributed by atoms with Gasteiger partial charge in [-0.15, -0.1) is 0 Å². The fourth-order valence-electron chi connectivity index (χ4n) is 3.95. The molecule has 0 saturated carbocycles. The van der Waals surface area contributed by atoms with Gasteiger partial charge in [0.1, 0.15) is 18.1 Å². The van der Waals surface area contributed by atoms with Crippen LogP contribution in [-0.2, 0) is 9.59 Å². The Hall–Kier alpha value is -1.72. The van der Waals surface area contributed by atoms with Crippen molar-refractivity contribution in [1.29, 1.82) is 0 Å². The maximum atomic E-state index is 12.2. The van der Waals surface area contributed by atoms with Gasteiger partial charge in [0.2, 0.25) is 0 Å². The second kappa shape index (κ2) is 8.31. The number of aliphatic hydroxyl groups excluding tert-OH is 2. The Balaban J connectivity index is 2.16. The summed E-state index contributed by atoms with van der Waals surface area (Å²) >= 11 is 0. The molecule has 0 heterocycles. The molecule has 2 rings (SSSR count). The minimum Gasteiger partial charge on any atom is -0.509 e. The van der Waals surface area contributed by atoms with Gasteiger partial charge >= 0.3 is 0 Å². The largest absolute Gasteiger partial charge is 0.509 e. The molecule has 0 spiro atoms. The Labute approximate surface area is 155 Å². The molecule has 5 heteroatoms. The molecule has 2 aliphatic carbocycles. The third kappa shape index (κ3) is 4.51. The number of hydrogen-bond acceptors (Lipinski definition) is 5. The number of carbonyl (C=O) groups excluding carboxylic acids is 2. The van der Waals surface area contributed by atoms with Crippen molar-refractivity contribution in [2.24, 2.45) is 11.8 Å². The minimum absolute atomic E-state index is 0.146. The quantitative estimate of drug-likeness (QED) is 0.367. The van der Waals surface area contributed by atoms with Gasteiger partial charge < -0.3 is 15.3 Å². The molecule has 0 aromatic carbocycles. The molecule has 4 unspecified atom stereocenters. The second-order valence-electron chi connectivity index (χ2n) is 7.91. The van der Waals surface area contributed by atoms with Crippen LogP contribution in [0.1, 0.15) is 59.3 Å². The van der Waals surface area contributed by atoms with E-state index in [1.165, 1.54) is 0 Å². The average molecular weight is 362 g/mol. The maximum absolute atomic E-state index is 12.2. The van der Waals surface area contributed by atoms with E-state index in [1.54, 1.807) is 13.8 Å². The van der Waals surface area contributed by atoms with Gasteiger partial charge in [0.05, 0.1) is 5.60 Å². The summed E-state index contributed by atoms with van der Waals surface area (Å²) in [5.41, 5.74) is 1.07. The molecule has 144 valence electrons. The van der Waals surface area contributed by atoms with Crippen LogP contribution in [0.2, 0.25) is 0 Å². The van der Waals surface area contributed by atoms with E-state index in [-0.39, 0.29) is 48.2 Å². The molecule has 0 amide bonds. The van der Waals surface area contributed by atoms with Crippen molar-refractivity contribution in [3.05, 3.63) is 34.6 Å². The van der Waals surface area contributed by atoms with E-state index >= 15 is 0 Å². The van der Waals surface area contributed by atoms with Crippen LogP contribution >= 0.6 is 0 Å². The van der Waals surface area contributed by atoms with E-state index in [9.17, 15) is 24.9 Å². The summed E-state index contributed by atoms with van der Waals surface area (Å²) in [4.78, 5) is 22.9. The fraction of sp³-hybridized carbons (Fsp3) is 0.619. The number of hydrogen-bond donors (Lipinski definition) is 3. The molecule has 0 radical (unpaired) electrons. The van der Waals surface area contributed by atoms with Gasteiger partial charge in [-0.1, -0.05) is 24.6 Å². The van der Waals surface area contributed by atoms with Crippen LogP contribution in [0.5, 0.6) is 0 Å². The van der Waals surface area contributed by atoms with Crippen molar-refractivity contribution in [1.82, 2.24) is 0 Å². The number of rotatable bonds is 7. The van der Waals surface area contributed by atoms with Crippen LogP contribution in [0.4, 0.5) is 0 Å². The molecule has 3 N–H and O–H groups in total. The minimum atomic E-state index is -0.990. The molecule has 0 aromatic rings. The summed E-state index contributed by atoms with van der Waals surface area (Å²) in [7, 11) is 0. The summed E-state index contributed by atoms with van der Waals surface area (Å²) in [6.45, 7) is 5.61. The average Bonchev–Trinajstić information content (AvgIpc) is 2.89. The third-order valence-corrected chi connectivity index (χ3v) is 5.74. The third-order valence-electron chi connectivity index (χ3n) is 5.74. The SMILES string of the molecule is CC(C=O)=CCCC(C)C1=CCC(C)(O)C1CC1=C(O)C(O)CCC1=O. The van der Waals surface area contributed by atoms with Crippen molar-refractivity contribution in [3.63, 3.8) is 0 Å². The lowest BCUT2D eigenvalue weighted by Gasteiger charge is -2.32. The zero-order valence-corrected chi connectivity index (χ0v) is 15.9.